The summed E-state index contributed by atoms with van der Waals surface area (Å²) in [6.45, 7) is 4.67. The SMILES string of the molecule is CC(C)Oc1cccc(-c2ccc(CN)s2)c1. The van der Waals surface area contributed by atoms with Crippen LogP contribution >= 0.6 is 11.3 Å². The van der Waals surface area contributed by atoms with Gasteiger partial charge < -0.3 is 10.5 Å². The Morgan fingerprint density at radius 3 is 2.71 bits per heavy atom. The van der Waals surface area contributed by atoms with Gasteiger partial charge in [-0.3, -0.25) is 0 Å². The summed E-state index contributed by atoms with van der Waals surface area (Å²) in [5.41, 5.74) is 6.81. The Hall–Kier alpha value is -1.32. The summed E-state index contributed by atoms with van der Waals surface area (Å²) in [5, 5.41) is 0. The molecular weight excluding hydrogens is 230 g/mol. The first kappa shape index (κ1) is 12.1. The molecule has 0 aliphatic carbocycles. The van der Waals surface area contributed by atoms with E-state index in [1.807, 2.05) is 26.0 Å². The number of benzene rings is 1. The summed E-state index contributed by atoms with van der Waals surface area (Å²) < 4.78 is 5.69. The van der Waals surface area contributed by atoms with Gasteiger partial charge in [-0.15, -0.1) is 11.3 Å². The summed E-state index contributed by atoms with van der Waals surface area (Å²) in [6.07, 6.45) is 0.202. The Balaban J connectivity index is 2.26. The van der Waals surface area contributed by atoms with Gasteiger partial charge in [-0.2, -0.15) is 0 Å². The second-order valence-electron chi connectivity index (χ2n) is 4.16. The zero-order chi connectivity index (χ0) is 12.3. The summed E-state index contributed by atoms with van der Waals surface area (Å²) >= 11 is 1.73. The van der Waals surface area contributed by atoms with Crippen molar-refractivity contribution in [2.45, 2.75) is 26.5 Å². The van der Waals surface area contributed by atoms with E-state index in [9.17, 15) is 0 Å². The van der Waals surface area contributed by atoms with Crippen LogP contribution < -0.4 is 10.5 Å². The standard InChI is InChI=1S/C14H17NOS/c1-10(2)16-12-5-3-4-11(8-12)14-7-6-13(9-15)17-14/h3-8,10H,9,15H2,1-2H3. The van der Waals surface area contributed by atoms with Crippen LogP contribution in [0.4, 0.5) is 0 Å². The van der Waals surface area contributed by atoms with Crippen LogP contribution in [-0.4, -0.2) is 6.10 Å². The summed E-state index contributed by atoms with van der Waals surface area (Å²) in [4.78, 5) is 2.44. The number of rotatable bonds is 4. The number of thiophene rings is 1. The summed E-state index contributed by atoms with van der Waals surface area (Å²) in [6, 6.07) is 12.4. The van der Waals surface area contributed by atoms with E-state index in [-0.39, 0.29) is 6.10 Å². The van der Waals surface area contributed by atoms with Crippen molar-refractivity contribution < 1.29 is 4.74 Å². The molecule has 17 heavy (non-hydrogen) atoms. The highest BCUT2D eigenvalue weighted by molar-refractivity contribution is 7.15. The Labute approximate surface area is 106 Å². The third-order valence-electron chi connectivity index (χ3n) is 2.35. The predicted octanol–water partition coefficient (Wildman–Crippen LogP) is 3.66. The van der Waals surface area contributed by atoms with Crippen molar-refractivity contribution >= 4 is 11.3 Å². The highest BCUT2D eigenvalue weighted by Gasteiger charge is 2.04. The molecule has 2 nitrogen and oxygen atoms in total. The van der Waals surface area contributed by atoms with Crippen molar-refractivity contribution in [3.8, 4) is 16.2 Å². The number of nitrogens with two attached hydrogens (primary N) is 1. The minimum absolute atomic E-state index is 0.202. The molecule has 0 radical (unpaired) electrons. The molecule has 90 valence electrons. The van der Waals surface area contributed by atoms with Crippen molar-refractivity contribution in [2.75, 3.05) is 0 Å². The smallest absolute Gasteiger partial charge is 0.120 e. The molecule has 1 aromatic carbocycles. The molecule has 0 saturated carbocycles. The minimum Gasteiger partial charge on any atom is -0.491 e. The Bertz CT molecular complexity index is 490. The minimum atomic E-state index is 0.202. The lowest BCUT2D eigenvalue weighted by molar-refractivity contribution is 0.242. The molecule has 2 rings (SSSR count). The quantitative estimate of drug-likeness (QED) is 0.894. The van der Waals surface area contributed by atoms with Crippen molar-refractivity contribution in [3.05, 3.63) is 41.3 Å². The molecule has 3 heteroatoms. The number of hydrogen-bond acceptors (Lipinski definition) is 3. The van der Waals surface area contributed by atoms with Gasteiger partial charge in [0.1, 0.15) is 5.75 Å². The van der Waals surface area contributed by atoms with Crippen LogP contribution in [0.15, 0.2) is 36.4 Å². The first-order chi connectivity index (χ1) is 8.19. The van der Waals surface area contributed by atoms with E-state index in [0.29, 0.717) is 6.54 Å². The van der Waals surface area contributed by atoms with Crippen molar-refractivity contribution in [1.29, 1.82) is 0 Å². The van der Waals surface area contributed by atoms with Gasteiger partial charge in [0.2, 0.25) is 0 Å². The molecule has 0 saturated heterocycles. The van der Waals surface area contributed by atoms with E-state index in [4.69, 9.17) is 10.5 Å². The molecule has 0 unspecified atom stereocenters. The molecule has 0 spiro atoms. The van der Waals surface area contributed by atoms with Crippen LogP contribution in [0, 0.1) is 0 Å². The molecule has 1 aromatic heterocycles. The highest BCUT2D eigenvalue weighted by atomic mass is 32.1. The third kappa shape index (κ3) is 3.08. The summed E-state index contributed by atoms with van der Waals surface area (Å²) in [7, 11) is 0. The van der Waals surface area contributed by atoms with E-state index in [0.717, 1.165) is 5.75 Å². The average Bonchev–Trinajstić information content (AvgIpc) is 2.77. The molecular formula is C14H17NOS. The van der Waals surface area contributed by atoms with E-state index < -0.39 is 0 Å². The monoisotopic (exact) mass is 247 g/mol. The fraction of sp³-hybridized carbons (Fsp3) is 0.286. The van der Waals surface area contributed by atoms with E-state index in [2.05, 4.69) is 24.3 Å². The van der Waals surface area contributed by atoms with Crippen LogP contribution in [0.1, 0.15) is 18.7 Å². The molecule has 2 aromatic rings. The van der Waals surface area contributed by atoms with Gasteiger partial charge in [-0.25, -0.2) is 0 Å². The zero-order valence-corrected chi connectivity index (χ0v) is 11.0. The van der Waals surface area contributed by atoms with Gasteiger partial charge in [0.25, 0.3) is 0 Å². The maximum Gasteiger partial charge on any atom is 0.120 e. The van der Waals surface area contributed by atoms with Gasteiger partial charge in [0, 0.05) is 16.3 Å². The number of hydrogen-bond donors (Lipinski definition) is 1. The zero-order valence-electron chi connectivity index (χ0n) is 10.1. The van der Waals surface area contributed by atoms with Gasteiger partial charge in [0.05, 0.1) is 6.10 Å². The van der Waals surface area contributed by atoms with E-state index in [1.54, 1.807) is 11.3 Å². The lowest BCUT2D eigenvalue weighted by atomic mass is 10.2. The molecule has 0 bridgehead atoms. The predicted molar refractivity (Wildman–Crippen MR) is 73.4 cm³/mol. The first-order valence-corrected chi connectivity index (χ1v) is 6.56. The maximum absolute atomic E-state index is 5.69. The molecule has 2 N–H and O–H groups in total. The number of ether oxygens (including phenoxy) is 1. The van der Waals surface area contributed by atoms with Crippen molar-refractivity contribution in [1.82, 2.24) is 0 Å². The van der Waals surface area contributed by atoms with Crippen molar-refractivity contribution in [3.63, 3.8) is 0 Å². The maximum atomic E-state index is 5.69. The van der Waals surface area contributed by atoms with E-state index >= 15 is 0 Å². The normalized spacial score (nSPS) is 10.8. The highest BCUT2D eigenvalue weighted by Crippen LogP contribution is 2.30. The van der Waals surface area contributed by atoms with Gasteiger partial charge in [-0.05, 0) is 43.7 Å². The molecule has 1 heterocycles. The second-order valence-corrected chi connectivity index (χ2v) is 5.33. The molecule has 0 fully saturated rings. The van der Waals surface area contributed by atoms with Gasteiger partial charge >= 0.3 is 0 Å². The molecule has 0 aliphatic rings. The Morgan fingerprint density at radius 2 is 2.06 bits per heavy atom. The van der Waals surface area contributed by atoms with Crippen LogP contribution in [-0.2, 0) is 6.54 Å². The topological polar surface area (TPSA) is 35.2 Å². The molecule has 0 amide bonds. The van der Waals surface area contributed by atoms with Gasteiger partial charge in [-0.1, -0.05) is 12.1 Å². The second kappa shape index (κ2) is 5.34. The van der Waals surface area contributed by atoms with E-state index in [1.165, 1.54) is 15.3 Å². The van der Waals surface area contributed by atoms with Gasteiger partial charge in [0.15, 0.2) is 0 Å². The van der Waals surface area contributed by atoms with Crippen LogP contribution in [0.2, 0.25) is 0 Å². The Morgan fingerprint density at radius 1 is 1.24 bits per heavy atom. The largest absolute Gasteiger partial charge is 0.491 e. The van der Waals surface area contributed by atoms with Crippen LogP contribution in [0.25, 0.3) is 10.4 Å². The van der Waals surface area contributed by atoms with Crippen molar-refractivity contribution in [2.24, 2.45) is 5.73 Å². The summed E-state index contributed by atoms with van der Waals surface area (Å²) in [5.74, 6) is 0.917. The lowest BCUT2D eigenvalue weighted by Gasteiger charge is -2.10. The molecule has 0 atom stereocenters. The molecule has 0 aliphatic heterocycles. The Kier molecular flexibility index (Phi) is 3.82. The van der Waals surface area contributed by atoms with Crippen LogP contribution in [0.3, 0.4) is 0 Å². The lowest BCUT2D eigenvalue weighted by Crippen LogP contribution is -2.05. The average molecular weight is 247 g/mol. The fourth-order valence-electron chi connectivity index (χ4n) is 1.64. The fourth-order valence-corrected chi connectivity index (χ4v) is 2.52. The first-order valence-electron chi connectivity index (χ1n) is 5.75. The third-order valence-corrected chi connectivity index (χ3v) is 3.51. The van der Waals surface area contributed by atoms with Crippen LogP contribution in [0.5, 0.6) is 5.75 Å².